The van der Waals surface area contributed by atoms with E-state index >= 15 is 0 Å². The van der Waals surface area contributed by atoms with E-state index in [1.165, 1.54) is 0 Å². The predicted molar refractivity (Wildman–Crippen MR) is 58.9 cm³/mol. The molecule has 0 spiro atoms. The van der Waals surface area contributed by atoms with Gasteiger partial charge in [0.1, 0.15) is 0 Å². The molecule has 0 fully saturated rings. The maximum atomic E-state index is 11.0. The molecule has 0 aliphatic rings. The van der Waals surface area contributed by atoms with Gasteiger partial charge in [0.05, 0.1) is 11.4 Å². The van der Waals surface area contributed by atoms with Gasteiger partial charge in [-0.05, 0) is 43.4 Å². The van der Waals surface area contributed by atoms with Crippen molar-refractivity contribution in [1.29, 1.82) is 0 Å². The molecule has 0 aromatic rings. The van der Waals surface area contributed by atoms with Crippen LogP contribution in [0.1, 0.15) is 20.8 Å². The smallest absolute Gasteiger partial charge is 0.432 e. The molecule has 0 radical (unpaired) electrons. The minimum absolute atomic E-state index is 0.139. The molecule has 0 rings (SSSR count). The monoisotopic (exact) mass is 350 g/mol. The zero-order valence-electron chi connectivity index (χ0n) is 7.27. The van der Waals surface area contributed by atoms with Crippen LogP contribution in [0.2, 0.25) is 0 Å². The van der Waals surface area contributed by atoms with Gasteiger partial charge in [-0.3, -0.25) is 0 Å². The van der Waals surface area contributed by atoms with Gasteiger partial charge in [0, 0.05) is 0 Å². The third-order valence-corrected chi connectivity index (χ3v) is 3.59. The van der Waals surface area contributed by atoms with Gasteiger partial charge in [0.2, 0.25) is 0 Å². The van der Waals surface area contributed by atoms with Gasteiger partial charge < -0.3 is 9.47 Å². The highest BCUT2D eigenvalue weighted by molar-refractivity contribution is 14.1. The maximum absolute atomic E-state index is 11.0. The van der Waals surface area contributed by atoms with Crippen molar-refractivity contribution >= 4 is 44.7 Å². The van der Waals surface area contributed by atoms with E-state index in [1.807, 2.05) is 22.6 Å². The quantitative estimate of drug-likeness (QED) is 0.445. The molecular formula is C7H12BrIO3. The maximum Gasteiger partial charge on any atom is 0.509 e. The third-order valence-electron chi connectivity index (χ3n) is 0.867. The van der Waals surface area contributed by atoms with E-state index in [0.29, 0.717) is 5.33 Å². The molecule has 0 aliphatic heterocycles. The van der Waals surface area contributed by atoms with Crippen LogP contribution in [-0.2, 0) is 9.47 Å². The van der Waals surface area contributed by atoms with Gasteiger partial charge in [-0.15, -0.1) is 0 Å². The van der Waals surface area contributed by atoms with E-state index in [1.54, 1.807) is 20.8 Å². The fraction of sp³-hybridized carbons (Fsp3) is 0.857. The van der Waals surface area contributed by atoms with Crippen molar-refractivity contribution in [2.45, 2.75) is 30.5 Å². The van der Waals surface area contributed by atoms with Gasteiger partial charge >= 0.3 is 6.16 Å². The van der Waals surface area contributed by atoms with Gasteiger partial charge in [-0.2, -0.15) is 0 Å². The average Bonchev–Trinajstić information content (AvgIpc) is 1.84. The van der Waals surface area contributed by atoms with Gasteiger partial charge in [0.15, 0.2) is 3.61 Å². The SMILES string of the molecule is CC(C)OC(=O)OC(C)(I)CBr. The van der Waals surface area contributed by atoms with E-state index in [2.05, 4.69) is 15.9 Å². The summed E-state index contributed by atoms with van der Waals surface area (Å²) in [5.74, 6) is 0. The fourth-order valence-electron chi connectivity index (χ4n) is 0.418. The first-order valence-electron chi connectivity index (χ1n) is 3.52. The number of hydrogen-bond donors (Lipinski definition) is 0. The van der Waals surface area contributed by atoms with Gasteiger partial charge in [0.25, 0.3) is 0 Å². The highest BCUT2D eigenvalue weighted by Crippen LogP contribution is 2.22. The number of alkyl halides is 2. The number of carbonyl (C=O) groups is 1. The molecule has 0 aromatic heterocycles. The minimum atomic E-state index is -0.624. The Bertz CT molecular complexity index is 159. The molecule has 0 N–H and O–H groups in total. The van der Waals surface area contributed by atoms with Crippen LogP contribution in [0.5, 0.6) is 0 Å². The second kappa shape index (κ2) is 5.26. The van der Waals surface area contributed by atoms with Crippen LogP contribution >= 0.6 is 38.5 Å². The molecule has 0 saturated heterocycles. The van der Waals surface area contributed by atoms with Crippen molar-refractivity contribution in [3.05, 3.63) is 0 Å². The highest BCUT2D eigenvalue weighted by atomic mass is 127. The predicted octanol–water partition coefficient (Wildman–Crippen LogP) is 3.09. The summed E-state index contributed by atoms with van der Waals surface area (Å²) in [6.45, 7) is 5.35. The van der Waals surface area contributed by atoms with Crippen molar-refractivity contribution in [3.63, 3.8) is 0 Å². The lowest BCUT2D eigenvalue weighted by molar-refractivity contribution is 0.0132. The first-order valence-corrected chi connectivity index (χ1v) is 5.72. The average molecular weight is 351 g/mol. The first kappa shape index (κ1) is 12.5. The second-order valence-electron chi connectivity index (χ2n) is 2.75. The van der Waals surface area contributed by atoms with Crippen LogP contribution in [0.3, 0.4) is 0 Å². The summed E-state index contributed by atoms with van der Waals surface area (Å²) in [5, 5.41) is 0.577. The molecular weight excluding hydrogens is 339 g/mol. The van der Waals surface area contributed by atoms with E-state index < -0.39 is 9.76 Å². The molecule has 0 amide bonds. The van der Waals surface area contributed by atoms with Crippen LogP contribution in [0, 0.1) is 0 Å². The Hall–Kier alpha value is 0.480. The summed E-state index contributed by atoms with van der Waals surface area (Å²) in [4.78, 5) is 11.0. The molecule has 3 nitrogen and oxygen atoms in total. The molecule has 5 heteroatoms. The topological polar surface area (TPSA) is 35.5 Å². The Balaban J connectivity index is 3.84. The lowest BCUT2D eigenvalue weighted by atomic mass is 10.5. The van der Waals surface area contributed by atoms with Crippen molar-refractivity contribution in [1.82, 2.24) is 0 Å². The Labute approximate surface area is 94.4 Å². The fourth-order valence-corrected chi connectivity index (χ4v) is 0.712. The van der Waals surface area contributed by atoms with Crippen LogP contribution in [-0.4, -0.2) is 21.2 Å². The molecule has 0 aromatic carbocycles. The molecule has 72 valence electrons. The van der Waals surface area contributed by atoms with Crippen LogP contribution in [0.25, 0.3) is 0 Å². The zero-order chi connectivity index (χ0) is 9.78. The molecule has 1 atom stereocenters. The van der Waals surface area contributed by atoms with Crippen molar-refractivity contribution in [2.24, 2.45) is 0 Å². The van der Waals surface area contributed by atoms with Crippen molar-refractivity contribution in [2.75, 3.05) is 5.33 Å². The Morgan fingerprint density at radius 2 is 2.17 bits per heavy atom. The number of carbonyl (C=O) groups excluding carboxylic acids is 1. The molecule has 1 unspecified atom stereocenters. The van der Waals surface area contributed by atoms with E-state index in [0.717, 1.165) is 0 Å². The zero-order valence-corrected chi connectivity index (χ0v) is 11.0. The summed E-state index contributed by atoms with van der Waals surface area (Å²) in [5.41, 5.74) is 0. The van der Waals surface area contributed by atoms with Crippen LogP contribution < -0.4 is 0 Å². The van der Waals surface area contributed by atoms with Crippen molar-refractivity contribution in [3.8, 4) is 0 Å². The Morgan fingerprint density at radius 1 is 1.67 bits per heavy atom. The molecule has 0 aliphatic carbocycles. The second-order valence-corrected chi connectivity index (χ2v) is 5.60. The van der Waals surface area contributed by atoms with Gasteiger partial charge in [-0.25, -0.2) is 4.79 Å². The van der Waals surface area contributed by atoms with E-state index in [-0.39, 0.29) is 6.10 Å². The summed E-state index contributed by atoms with van der Waals surface area (Å²) in [6.07, 6.45) is -0.763. The molecule has 0 heterocycles. The summed E-state index contributed by atoms with van der Waals surface area (Å²) < 4.78 is 9.24. The van der Waals surface area contributed by atoms with Gasteiger partial charge in [-0.1, -0.05) is 15.9 Å². The van der Waals surface area contributed by atoms with Crippen LogP contribution in [0.4, 0.5) is 4.79 Å². The minimum Gasteiger partial charge on any atom is -0.432 e. The summed E-state index contributed by atoms with van der Waals surface area (Å²) in [6, 6.07) is 0. The molecule has 12 heavy (non-hydrogen) atoms. The number of ether oxygens (including phenoxy) is 2. The number of halogens is 2. The lowest BCUT2D eigenvalue weighted by Gasteiger charge is -2.20. The number of rotatable bonds is 3. The van der Waals surface area contributed by atoms with E-state index in [4.69, 9.17) is 9.47 Å². The standard InChI is InChI=1S/C7H12BrIO3/c1-5(2)11-6(10)12-7(3,9)4-8/h5H,4H2,1-3H3. The Morgan fingerprint density at radius 3 is 2.50 bits per heavy atom. The largest absolute Gasteiger partial charge is 0.509 e. The third kappa shape index (κ3) is 6.05. The highest BCUT2D eigenvalue weighted by Gasteiger charge is 2.24. The normalized spacial score (nSPS) is 15.5. The lowest BCUT2D eigenvalue weighted by Crippen LogP contribution is -2.27. The van der Waals surface area contributed by atoms with E-state index in [9.17, 15) is 4.79 Å². The Kier molecular flexibility index (Phi) is 5.47. The summed E-state index contributed by atoms with van der Waals surface area (Å²) >= 11 is 5.26. The first-order chi connectivity index (χ1) is 5.37. The summed E-state index contributed by atoms with van der Waals surface area (Å²) in [7, 11) is 0. The van der Waals surface area contributed by atoms with Crippen LogP contribution in [0.15, 0.2) is 0 Å². The van der Waals surface area contributed by atoms with Crippen molar-refractivity contribution < 1.29 is 14.3 Å². The number of hydrogen-bond acceptors (Lipinski definition) is 3. The molecule has 0 bridgehead atoms. The molecule has 0 saturated carbocycles.